The van der Waals surface area contributed by atoms with Gasteiger partial charge in [0.1, 0.15) is 4.87 Å². The minimum atomic E-state index is -1.02. The van der Waals surface area contributed by atoms with Gasteiger partial charge in [-0.1, -0.05) is 95.9 Å². The van der Waals surface area contributed by atoms with E-state index in [0.29, 0.717) is 11.7 Å². The Morgan fingerprint density at radius 2 is 1.50 bits per heavy atom. The van der Waals surface area contributed by atoms with Gasteiger partial charge < -0.3 is 0 Å². The molecule has 0 aliphatic heterocycles. The maximum Gasteiger partial charge on any atom is 0.159 e. The molecule has 2 aliphatic rings. The third-order valence-corrected chi connectivity index (χ3v) is 6.66. The van der Waals surface area contributed by atoms with Crippen LogP contribution >= 0.6 is 34.8 Å². The molecule has 3 rings (SSSR count). The summed E-state index contributed by atoms with van der Waals surface area (Å²) in [6.45, 7) is 0. The highest BCUT2D eigenvalue weighted by Gasteiger charge is 2.51. The Bertz CT molecular complexity index is 559. The molecule has 1 fully saturated rings. The van der Waals surface area contributed by atoms with E-state index in [1.807, 2.05) is 18.2 Å². The molecule has 0 heterocycles. The Kier molecular flexibility index (Phi) is 4.97. The highest BCUT2D eigenvalue weighted by atomic mass is 35.5. The summed E-state index contributed by atoms with van der Waals surface area (Å²) in [5.74, 6) is 0.924. The van der Waals surface area contributed by atoms with Crippen molar-refractivity contribution in [2.45, 2.75) is 40.7 Å². The number of benzene rings is 1. The van der Waals surface area contributed by atoms with Crippen LogP contribution < -0.4 is 5.46 Å². The largest absolute Gasteiger partial charge is 0.159 e. The minimum Gasteiger partial charge on any atom is -0.111 e. The Morgan fingerprint density at radius 3 is 2.14 bits per heavy atom. The highest BCUT2D eigenvalue weighted by Crippen LogP contribution is 2.53. The Labute approximate surface area is 148 Å². The molecule has 1 aromatic carbocycles. The van der Waals surface area contributed by atoms with Crippen molar-refractivity contribution in [2.75, 3.05) is 0 Å². The number of alkyl halides is 3. The van der Waals surface area contributed by atoms with Gasteiger partial charge in [-0.3, -0.25) is 0 Å². The van der Waals surface area contributed by atoms with Crippen LogP contribution in [0.25, 0.3) is 0 Å². The van der Waals surface area contributed by atoms with Crippen molar-refractivity contribution >= 4 is 47.5 Å². The number of hydrogen-bond acceptors (Lipinski definition) is 0. The molecule has 4 heteroatoms. The first-order valence-electron chi connectivity index (χ1n) is 7.85. The summed E-state index contributed by atoms with van der Waals surface area (Å²) >= 11 is 19.8. The number of halogens is 3. The number of allylic oxidation sites excluding steroid dienone is 4. The summed E-state index contributed by atoms with van der Waals surface area (Å²) in [5.41, 5.74) is 1.30. The van der Waals surface area contributed by atoms with E-state index in [4.69, 9.17) is 34.8 Å². The molecule has 1 unspecified atom stereocenters. The minimum absolute atomic E-state index is 0.311. The maximum atomic E-state index is 6.84. The fourth-order valence-electron chi connectivity index (χ4n) is 3.56. The van der Waals surface area contributed by atoms with E-state index in [-0.39, 0.29) is 0 Å². The van der Waals surface area contributed by atoms with Crippen LogP contribution in [0, 0.1) is 5.92 Å². The van der Waals surface area contributed by atoms with Gasteiger partial charge in [0.15, 0.2) is 11.6 Å². The van der Waals surface area contributed by atoms with E-state index in [9.17, 15) is 0 Å². The van der Waals surface area contributed by atoms with Gasteiger partial charge in [0.25, 0.3) is 0 Å². The Balaban J connectivity index is 1.62. The summed E-state index contributed by atoms with van der Waals surface area (Å²) in [6, 6.07) is 10.5. The Hall–Kier alpha value is -0.365. The van der Waals surface area contributed by atoms with E-state index < -0.39 is 9.21 Å². The zero-order valence-electron chi connectivity index (χ0n) is 12.4. The van der Waals surface area contributed by atoms with Crippen LogP contribution in [0.1, 0.15) is 25.7 Å². The fraction of sp³-hybridized carbons (Fsp3) is 0.444. The predicted molar refractivity (Wildman–Crippen MR) is 98.8 cm³/mol. The zero-order chi connectivity index (χ0) is 15.6. The standard InChI is InChI=1S/C18H19BCl3/c20-17(12-4-5-13-18(17,21)22)14-8-10-16(11-9-14)19-15-6-2-1-3-7-15/h1-7,12-14,16H,8-11H2. The molecule has 115 valence electrons. The monoisotopic (exact) mass is 351 g/mol. The van der Waals surface area contributed by atoms with Crippen LogP contribution in [-0.4, -0.2) is 16.5 Å². The highest BCUT2D eigenvalue weighted by molar-refractivity contribution is 6.56. The van der Waals surface area contributed by atoms with E-state index in [2.05, 4.69) is 37.6 Å². The van der Waals surface area contributed by atoms with E-state index in [1.54, 1.807) is 6.08 Å². The summed E-state index contributed by atoms with van der Waals surface area (Å²) in [7, 11) is 2.38. The molecule has 1 saturated carbocycles. The molecule has 1 radical (unpaired) electrons. The fourth-order valence-corrected chi connectivity index (χ4v) is 4.50. The average molecular weight is 353 g/mol. The van der Waals surface area contributed by atoms with E-state index >= 15 is 0 Å². The van der Waals surface area contributed by atoms with Gasteiger partial charge in [-0.25, -0.2) is 0 Å². The summed E-state index contributed by atoms with van der Waals surface area (Å²) in [4.78, 5) is -0.692. The van der Waals surface area contributed by atoms with E-state index in [1.165, 1.54) is 5.46 Å². The lowest BCUT2D eigenvalue weighted by atomic mass is 9.53. The normalized spacial score (nSPS) is 33.6. The van der Waals surface area contributed by atoms with Crippen molar-refractivity contribution in [2.24, 2.45) is 5.92 Å². The first kappa shape index (κ1) is 16.5. The molecule has 22 heavy (non-hydrogen) atoms. The molecule has 0 saturated heterocycles. The van der Waals surface area contributed by atoms with Gasteiger partial charge in [0.05, 0.1) is 0 Å². The third kappa shape index (κ3) is 3.27. The molecule has 1 atom stereocenters. The van der Waals surface area contributed by atoms with E-state index in [0.717, 1.165) is 25.7 Å². The van der Waals surface area contributed by atoms with Crippen LogP contribution in [0.15, 0.2) is 54.6 Å². The first-order chi connectivity index (χ1) is 10.5. The lowest BCUT2D eigenvalue weighted by molar-refractivity contribution is 0.298. The van der Waals surface area contributed by atoms with Crippen LogP contribution in [-0.2, 0) is 0 Å². The molecule has 2 aliphatic carbocycles. The van der Waals surface area contributed by atoms with Crippen molar-refractivity contribution in [3.8, 4) is 0 Å². The second-order valence-corrected chi connectivity index (χ2v) is 8.31. The van der Waals surface area contributed by atoms with Gasteiger partial charge >= 0.3 is 0 Å². The second-order valence-electron chi connectivity index (χ2n) is 6.30. The van der Waals surface area contributed by atoms with Gasteiger partial charge in [0.2, 0.25) is 0 Å². The first-order valence-corrected chi connectivity index (χ1v) is 8.98. The van der Waals surface area contributed by atoms with Crippen LogP contribution in [0.5, 0.6) is 0 Å². The lowest BCUT2D eigenvalue weighted by Gasteiger charge is -2.44. The van der Waals surface area contributed by atoms with Gasteiger partial charge in [-0.15, -0.1) is 11.6 Å². The summed E-state index contributed by atoms with van der Waals surface area (Å²) in [5, 5.41) is 0. The number of rotatable bonds is 3. The van der Waals surface area contributed by atoms with Gasteiger partial charge in [-0.05, 0) is 24.8 Å². The summed E-state index contributed by atoms with van der Waals surface area (Å²) in [6.07, 6.45) is 12.0. The SMILES string of the molecule is ClC1(Cl)C=CC=CC1(Cl)C1CCC([B]c2ccccc2)CC1. The van der Waals surface area contributed by atoms with Crippen molar-refractivity contribution in [1.29, 1.82) is 0 Å². The predicted octanol–water partition coefficient (Wildman–Crippen LogP) is 5.27. The summed E-state index contributed by atoms with van der Waals surface area (Å²) < 4.78 is -1.02. The van der Waals surface area contributed by atoms with Gasteiger partial charge in [-0.2, -0.15) is 0 Å². The molecule has 0 aromatic heterocycles. The molecule has 0 N–H and O–H groups in total. The lowest BCUT2D eigenvalue weighted by Crippen LogP contribution is -2.47. The zero-order valence-corrected chi connectivity index (χ0v) is 14.7. The third-order valence-electron chi connectivity index (χ3n) is 4.86. The molecule has 0 spiro atoms. The van der Waals surface area contributed by atoms with Crippen molar-refractivity contribution in [3.05, 3.63) is 54.6 Å². The van der Waals surface area contributed by atoms with Gasteiger partial charge in [0, 0.05) is 0 Å². The molecule has 0 nitrogen and oxygen atoms in total. The molecule has 1 aromatic rings. The van der Waals surface area contributed by atoms with Crippen LogP contribution in [0.3, 0.4) is 0 Å². The Morgan fingerprint density at radius 1 is 0.864 bits per heavy atom. The van der Waals surface area contributed by atoms with Crippen molar-refractivity contribution in [1.82, 2.24) is 0 Å². The average Bonchev–Trinajstić information content (AvgIpc) is 2.52. The van der Waals surface area contributed by atoms with Crippen LogP contribution in [0.2, 0.25) is 5.82 Å². The smallest absolute Gasteiger partial charge is 0.111 e. The topological polar surface area (TPSA) is 0 Å². The molecular weight excluding hydrogens is 333 g/mol. The van der Waals surface area contributed by atoms with Crippen LogP contribution in [0.4, 0.5) is 0 Å². The quantitative estimate of drug-likeness (QED) is 0.513. The number of hydrogen-bond donors (Lipinski definition) is 0. The molecule has 0 bridgehead atoms. The molecular formula is C18H19BCl3. The second kappa shape index (κ2) is 6.63. The van der Waals surface area contributed by atoms with Crippen molar-refractivity contribution in [3.63, 3.8) is 0 Å². The molecule has 0 amide bonds. The maximum absolute atomic E-state index is 6.84. The van der Waals surface area contributed by atoms with Crippen molar-refractivity contribution < 1.29 is 0 Å².